The first-order valence-corrected chi connectivity index (χ1v) is 7.80. The lowest BCUT2D eigenvalue weighted by molar-refractivity contribution is 0.190. The first kappa shape index (κ1) is 15.8. The van der Waals surface area contributed by atoms with Crippen LogP contribution in [0.1, 0.15) is 39.5 Å². The number of ether oxygens (including phenoxy) is 1. The zero-order valence-electron chi connectivity index (χ0n) is 13.3. The molecule has 21 heavy (non-hydrogen) atoms. The van der Waals surface area contributed by atoms with E-state index in [-0.39, 0.29) is 6.04 Å². The zero-order chi connectivity index (χ0) is 15.2. The molecule has 6 nitrogen and oxygen atoms in total. The van der Waals surface area contributed by atoms with Gasteiger partial charge in [-0.25, -0.2) is 9.97 Å². The molecule has 3 N–H and O–H groups in total. The molecule has 1 fully saturated rings. The minimum atomic E-state index is 0.156. The third-order valence-electron chi connectivity index (χ3n) is 4.03. The highest BCUT2D eigenvalue weighted by molar-refractivity contribution is 5.75. The third-order valence-corrected chi connectivity index (χ3v) is 4.03. The molecule has 0 bridgehead atoms. The standard InChI is InChI=1S/C15H27N5O/c1-4-12-7-5-6-8-20(12)15-13(16)14(17-10-18-15)19-11(2)9-21-3/h10-12H,4-9,16H2,1-3H3,(H,17,18,19). The Hall–Kier alpha value is -1.56. The lowest BCUT2D eigenvalue weighted by atomic mass is 10.00. The van der Waals surface area contributed by atoms with Crippen molar-refractivity contribution in [2.75, 3.05) is 36.2 Å². The summed E-state index contributed by atoms with van der Waals surface area (Å²) < 4.78 is 5.14. The molecular formula is C15H27N5O. The normalized spacial score (nSPS) is 20.3. The summed E-state index contributed by atoms with van der Waals surface area (Å²) in [4.78, 5) is 11.1. The average Bonchev–Trinajstić information content (AvgIpc) is 2.50. The van der Waals surface area contributed by atoms with Gasteiger partial charge in [-0.1, -0.05) is 6.92 Å². The van der Waals surface area contributed by atoms with Gasteiger partial charge in [-0.2, -0.15) is 0 Å². The number of anilines is 3. The highest BCUT2D eigenvalue weighted by Crippen LogP contribution is 2.32. The van der Waals surface area contributed by atoms with Crippen LogP contribution in [0.15, 0.2) is 6.33 Å². The van der Waals surface area contributed by atoms with Crippen LogP contribution in [0.4, 0.5) is 17.3 Å². The number of hydrogen-bond acceptors (Lipinski definition) is 6. The predicted molar refractivity (Wildman–Crippen MR) is 86.7 cm³/mol. The van der Waals surface area contributed by atoms with Gasteiger partial charge in [0.25, 0.3) is 0 Å². The van der Waals surface area contributed by atoms with E-state index in [1.807, 2.05) is 6.92 Å². The molecule has 2 unspecified atom stereocenters. The van der Waals surface area contributed by atoms with E-state index in [0.717, 1.165) is 18.8 Å². The van der Waals surface area contributed by atoms with Crippen molar-refractivity contribution in [1.82, 2.24) is 9.97 Å². The van der Waals surface area contributed by atoms with Crippen molar-refractivity contribution >= 4 is 17.3 Å². The second-order valence-electron chi connectivity index (χ2n) is 5.71. The Morgan fingerprint density at radius 3 is 3.00 bits per heavy atom. The van der Waals surface area contributed by atoms with Crippen molar-refractivity contribution < 1.29 is 4.74 Å². The molecular weight excluding hydrogens is 266 g/mol. The van der Waals surface area contributed by atoms with Gasteiger partial charge in [0.1, 0.15) is 12.0 Å². The molecule has 0 amide bonds. The second-order valence-corrected chi connectivity index (χ2v) is 5.71. The lowest BCUT2D eigenvalue weighted by Crippen LogP contribution is -2.40. The zero-order valence-corrected chi connectivity index (χ0v) is 13.3. The number of nitrogens with zero attached hydrogens (tertiary/aromatic N) is 3. The van der Waals surface area contributed by atoms with Gasteiger partial charge < -0.3 is 20.7 Å². The topological polar surface area (TPSA) is 76.3 Å². The van der Waals surface area contributed by atoms with E-state index >= 15 is 0 Å². The lowest BCUT2D eigenvalue weighted by Gasteiger charge is -2.37. The quantitative estimate of drug-likeness (QED) is 0.838. The maximum atomic E-state index is 6.31. The number of hydrogen-bond donors (Lipinski definition) is 2. The van der Waals surface area contributed by atoms with Crippen molar-refractivity contribution in [3.63, 3.8) is 0 Å². The Labute approximate surface area is 127 Å². The van der Waals surface area contributed by atoms with E-state index in [4.69, 9.17) is 10.5 Å². The largest absolute Gasteiger partial charge is 0.393 e. The van der Waals surface area contributed by atoms with Gasteiger partial charge in [-0.15, -0.1) is 0 Å². The van der Waals surface area contributed by atoms with Crippen LogP contribution in [0.3, 0.4) is 0 Å². The van der Waals surface area contributed by atoms with Crippen molar-refractivity contribution in [1.29, 1.82) is 0 Å². The van der Waals surface area contributed by atoms with E-state index < -0.39 is 0 Å². The smallest absolute Gasteiger partial charge is 0.157 e. The maximum Gasteiger partial charge on any atom is 0.157 e. The molecule has 1 aliphatic heterocycles. The summed E-state index contributed by atoms with van der Waals surface area (Å²) in [7, 11) is 1.69. The first-order valence-electron chi connectivity index (χ1n) is 7.80. The number of nitrogen functional groups attached to an aromatic ring is 1. The van der Waals surface area contributed by atoms with Gasteiger partial charge >= 0.3 is 0 Å². The number of aromatic nitrogens is 2. The summed E-state index contributed by atoms with van der Waals surface area (Å²) >= 11 is 0. The molecule has 2 heterocycles. The number of nitrogens with two attached hydrogens (primary N) is 1. The fraction of sp³-hybridized carbons (Fsp3) is 0.733. The van der Waals surface area contributed by atoms with E-state index in [1.54, 1.807) is 13.4 Å². The molecule has 0 spiro atoms. The summed E-state index contributed by atoms with van der Waals surface area (Å²) in [6.07, 6.45) is 6.41. The molecule has 0 aromatic carbocycles. The molecule has 0 saturated carbocycles. The highest BCUT2D eigenvalue weighted by atomic mass is 16.5. The summed E-state index contributed by atoms with van der Waals surface area (Å²) in [5.74, 6) is 1.56. The summed E-state index contributed by atoms with van der Waals surface area (Å²) in [6.45, 7) is 5.90. The Balaban J connectivity index is 2.20. The van der Waals surface area contributed by atoms with E-state index in [0.29, 0.717) is 24.2 Å². The average molecular weight is 293 g/mol. The Bertz CT molecular complexity index is 454. The van der Waals surface area contributed by atoms with Gasteiger partial charge in [0, 0.05) is 25.7 Å². The third kappa shape index (κ3) is 3.75. The van der Waals surface area contributed by atoms with Gasteiger partial charge in [0.15, 0.2) is 11.6 Å². The highest BCUT2D eigenvalue weighted by Gasteiger charge is 2.25. The number of methoxy groups -OCH3 is 1. The van der Waals surface area contributed by atoms with Gasteiger partial charge in [0.2, 0.25) is 0 Å². The second kappa shape index (κ2) is 7.45. The molecule has 2 rings (SSSR count). The molecule has 0 radical (unpaired) electrons. The Morgan fingerprint density at radius 2 is 2.29 bits per heavy atom. The minimum absolute atomic E-state index is 0.156. The fourth-order valence-electron chi connectivity index (χ4n) is 2.96. The SMILES string of the molecule is CCC1CCCCN1c1ncnc(NC(C)COC)c1N. The maximum absolute atomic E-state index is 6.31. The summed E-state index contributed by atoms with van der Waals surface area (Å²) in [6, 6.07) is 0.684. The molecule has 1 saturated heterocycles. The predicted octanol–water partition coefficient (Wildman–Crippen LogP) is 2.27. The minimum Gasteiger partial charge on any atom is -0.393 e. The number of piperidine rings is 1. The van der Waals surface area contributed by atoms with Gasteiger partial charge in [0.05, 0.1) is 6.61 Å². The molecule has 2 atom stereocenters. The molecule has 1 aliphatic rings. The van der Waals surface area contributed by atoms with Crippen LogP contribution in [0.2, 0.25) is 0 Å². The number of nitrogens with one attached hydrogen (secondary N) is 1. The molecule has 118 valence electrons. The van der Waals surface area contributed by atoms with E-state index in [9.17, 15) is 0 Å². The monoisotopic (exact) mass is 293 g/mol. The summed E-state index contributed by atoms with van der Waals surface area (Å²) in [5, 5.41) is 3.30. The van der Waals surface area contributed by atoms with Crippen molar-refractivity contribution in [3.05, 3.63) is 6.33 Å². The van der Waals surface area contributed by atoms with Crippen LogP contribution >= 0.6 is 0 Å². The van der Waals surface area contributed by atoms with Crippen molar-refractivity contribution in [2.24, 2.45) is 0 Å². The Kier molecular flexibility index (Phi) is 5.61. The van der Waals surface area contributed by atoms with E-state index in [1.165, 1.54) is 19.3 Å². The molecule has 1 aromatic heterocycles. The van der Waals surface area contributed by atoms with Crippen LogP contribution in [0, 0.1) is 0 Å². The van der Waals surface area contributed by atoms with Crippen LogP contribution in [0.5, 0.6) is 0 Å². The fourth-order valence-corrected chi connectivity index (χ4v) is 2.96. The van der Waals surface area contributed by atoms with Crippen molar-refractivity contribution in [3.8, 4) is 0 Å². The van der Waals surface area contributed by atoms with Gasteiger partial charge in [-0.05, 0) is 32.6 Å². The molecule has 6 heteroatoms. The van der Waals surface area contributed by atoms with Gasteiger partial charge in [-0.3, -0.25) is 0 Å². The van der Waals surface area contributed by atoms with Crippen LogP contribution in [-0.4, -0.2) is 42.3 Å². The van der Waals surface area contributed by atoms with Crippen LogP contribution < -0.4 is 16.0 Å². The van der Waals surface area contributed by atoms with Crippen LogP contribution in [0.25, 0.3) is 0 Å². The first-order chi connectivity index (χ1) is 10.2. The Morgan fingerprint density at radius 1 is 1.48 bits per heavy atom. The van der Waals surface area contributed by atoms with Crippen molar-refractivity contribution in [2.45, 2.75) is 51.6 Å². The molecule has 0 aliphatic carbocycles. The summed E-state index contributed by atoms with van der Waals surface area (Å²) in [5.41, 5.74) is 6.95. The van der Waals surface area contributed by atoms with Crippen LogP contribution in [-0.2, 0) is 4.74 Å². The van der Waals surface area contributed by atoms with E-state index in [2.05, 4.69) is 27.1 Å². The molecule has 1 aromatic rings. The number of rotatable bonds is 6.